The molecule has 0 saturated carbocycles. The van der Waals surface area contributed by atoms with Gasteiger partial charge < -0.3 is 4.98 Å². The maximum absolute atomic E-state index is 12.3. The Morgan fingerprint density at radius 2 is 2.00 bits per heavy atom. The van der Waals surface area contributed by atoms with Gasteiger partial charge in [0.15, 0.2) is 0 Å². The number of nitrogens with zero attached hydrogens (tertiary/aromatic N) is 1. The SMILES string of the molecule is O=c1[nH]c2cc(Br)cc3c2n1C(c1ccccc1)CC3. The topological polar surface area (TPSA) is 37.8 Å². The van der Waals surface area contributed by atoms with Crippen LogP contribution in [0.5, 0.6) is 0 Å². The number of imidazole rings is 1. The Morgan fingerprint density at radius 3 is 2.80 bits per heavy atom. The average molecular weight is 329 g/mol. The second-order valence-corrected chi connectivity index (χ2v) is 6.14. The number of rotatable bonds is 1. The number of aromatic amines is 1. The summed E-state index contributed by atoms with van der Waals surface area (Å²) >= 11 is 3.51. The van der Waals surface area contributed by atoms with Crippen LogP contribution in [0.25, 0.3) is 11.0 Å². The molecule has 0 bridgehead atoms. The van der Waals surface area contributed by atoms with Gasteiger partial charge in [-0.3, -0.25) is 4.57 Å². The van der Waals surface area contributed by atoms with Crippen LogP contribution in [-0.2, 0) is 6.42 Å². The van der Waals surface area contributed by atoms with Crippen molar-refractivity contribution in [2.45, 2.75) is 18.9 Å². The highest BCUT2D eigenvalue weighted by atomic mass is 79.9. The van der Waals surface area contributed by atoms with Crippen LogP contribution in [0.1, 0.15) is 23.6 Å². The van der Waals surface area contributed by atoms with E-state index < -0.39 is 0 Å². The molecule has 1 aliphatic heterocycles. The van der Waals surface area contributed by atoms with E-state index in [1.807, 2.05) is 28.8 Å². The van der Waals surface area contributed by atoms with Crippen LogP contribution in [0.4, 0.5) is 0 Å². The average Bonchev–Trinajstić information content (AvgIpc) is 2.78. The molecule has 1 atom stereocenters. The minimum atomic E-state index is -0.0205. The first-order valence-electron chi connectivity index (χ1n) is 6.71. The van der Waals surface area contributed by atoms with Gasteiger partial charge in [-0.25, -0.2) is 4.79 Å². The summed E-state index contributed by atoms with van der Waals surface area (Å²) in [5.41, 5.74) is 4.38. The van der Waals surface area contributed by atoms with Gasteiger partial charge in [-0.15, -0.1) is 0 Å². The number of H-pyrrole nitrogens is 1. The maximum Gasteiger partial charge on any atom is 0.327 e. The summed E-state index contributed by atoms with van der Waals surface area (Å²) in [6.07, 6.45) is 1.95. The zero-order chi connectivity index (χ0) is 13.7. The van der Waals surface area contributed by atoms with Crippen LogP contribution in [-0.4, -0.2) is 9.55 Å². The summed E-state index contributed by atoms with van der Waals surface area (Å²) in [7, 11) is 0. The van der Waals surface area contributed by atoms with Gasteiger partial charge in [-0.1, -0.05) is 46.3 Å². The molecular formula is C16H13BrN2O. The molecule has 3 aromatic rings. The standard InChI is InChI=1S/C16H13BrN2O/c17-12-8-11-6-7-14(10-4-2-1-3-5-10)19-15(11)13(9-12)18-16(19)20/h1-5,8-9,14H,6-7H2,(H,18,20). The van der Waals surface area contributed by atoms with Crippen LogP contribution >= 0.6 is 15.9 Å². The van der Waals surface area contributed by atoms with Crippen molar-refractivity contribution in [2.24, 2.45) is 0 Å². The fraction of sp³-hybridized carbons (Fsp3) is 0.188. The second-order valence-electron chi connectivity index (χ2n) is 5.23. The molecule has 0 spiro atoms. The van der Waals surface area contributed by atoms with Crippen molar-refractivity contribution in [3.63, 3.8) is 0 Å². The molecule has 0 amide bonds. The second kappa shape index (κ2) is 4.35. The van der Waals surface area contributed by atoms with E-state index in [2.05, 4.69) is 39.1 Å². The lowest BCUT2D eigenvalue weighted by Gasteiger charge is -2.25. The molecule has 1 aromatic heterocycles. The molecule has 1 unspecified atom stereocenters. The van der Waals surface area contributed by atoms with Gasteiger partial charge in [0.25, 0.3) is 0 Å². The quantitative estimate of drug-likeness (QED) is 0.727. The monoisotopic (exact) mass is 328 g/mol. The van der Waals surface area contributed by atoms with Crippen LogP contribution in [0, 0.1) is 0 Å². The fourth-order valence-corrected chi connectivity index (χ4v) is 3.72. The molecule has 1 aliphatic rings. The molecule has 4 heteroatoms. The minimum absolute atomic E-state index is 0.0205. The summed E-state index contributed by atoms with van der Waals surface area (Å²) in [5, 5.41) is 0. The van der Waals surface area contributed by atoms with E-state index in [4.69, 9.17) is 0 Å². The molecule has 0 aliphatic carbocycles. The number of benzene rings is 2. The Kier molecular flexibility index (Phi) is 2.60. The smallest absolute Gasteiger partial charge is 0.305 e. The Labute approximate surface area is 124 Å². The highest BCUT2D eigenvalue weighted by Crippen LogP contribution is 2.34. The van der Waals surface area contributed by atoms with E-state index in [1.165, 1.54) is 11.1 Å². The third-order valence-electron chi connectivity index (χ3n) is 4.04. The van der Waals surface area contributed by atoms with Gasteiger partial charge in [0.1, 0.15) is 0 Å². The van der Waals surface area contributed by atoms with E-state index in [0.717, 1.165) is 28.3 Å². The van der Waals surface area contributed by atoms with Crippen molar-refractivity contribution in [1.29, 1.82) is 0 Å². The summed E-state index contributed by atoms with van der Waals surface area (Å²) in [6, 6.07) is 14.5. The van der Waals surface area contributed by atoms with Crippen molar-refractivity contribution < 1.29 is 0 Å². The molecule has 100 valence electrons. The molecular weight excluding hydrogens is 316 g/mol. The molecule has 1 N–H and O–H groups in total. The predicted octanol–water partition coefficient (Wildman–Crippen LogP) is 3.63. The lowest BCUT2D eigenvalue weighted by Crippen LogP contribution is -2.26. The fourth-order valence-electron chi connectivity index (χ4n) is 3.21. The number of nitrogens with one attached hydrogen (secondary N) is 1. The third-order valence-corrected chi connectivity index (χ3v) is 4.50. The minimum Gasteiger partial charge on any atom is -0.305 e. The van der Waals surface area contributed by atoms with E-state index >= 15 is 0 Å². The van der Waals surface area contributed by atoms with Crippen LogP contribution in [0.2, 0.25) is 0 Å². The van der Waals surface area contributed by atoms with Gasteiger partial charge in [0, 0.05) is 4.47 Å². The number of aryl methyl sites for hydroxylation is 1. The molecule has 0 fully saturated rings. The van der Waals surface area contributed by atoms with Gasteiger partial charge in [-0.05, 0) is 36.1 Å². The van der Waals surface area contributed by atoms with E-state index in [1.54, 1.807) is 0 Å². The lowest BCUT2D eigenvalue weighted by molar-refractivity contribution is 0.520. The molecule has 2 heterocycles. The van der Waals surface area contributed by atoms with Crippen molar-refractivity contribution >= 4 is 27.0 Å². The molecule has 0 radical (unpaired) electrons. The zero-order valence-electron chi connectivity index (χ0n) is 10.8. The Balaban J connectivity index is 2.02. The van der Waals surface area contributed by atoms with Gasteiger partial charge in [0.05, 0.1) is 17.1 Å². The Bertz CT molecular complexity index is 848. The van der Waals surface area contributed by atoms with Gasteiger partial charge in [-0.2, -0.15) is 0 Å². The Hall–Kier alpha value is -1.81. The number of halogens is 1. The highest BCUT2D eigenvalue weighted by Gasteiger charge is 2.25. The number of hydrogen-bond acceptors (Lipinski definition) is 1. The summed E-state index contributed by atoms with van der Waals surface area (Å²) in [5.74, 6) is 0. The van der Waals surface area contributed by atoms with E-state index in [9.17, 15) is 4.79 Å². The maximum atomic E-state index is 12.3. The third kappa shape index (κ3) is 1.68. The first-order chi connectivity index (χ1) is 9.74. The zero-order valence-corrected chi connectivity index (χ0v) is 12.4. The molecule has 2 aromatic carbocycles. The van der Waals surface area contributed by atoms with Gasteiger partial charge >= 0.3 is 5.69 Å². The predicted molar refractivity (Wildman–Crippen MR) is 83.2 cm³/mol. The van der Waals surface area contributed by atoms with E-state index in [0.29, 0.717) is 0 Å². The largest absolute Gasteiger partial charge is 0.327 e. The van der Waals surface area contributed by atoms with Crippen molar-refractivity contribution in [1.82, 2.24) is 9.55 Å². The van der Waals surface area contributed by atoms with Crippen molar-refractivity contribution in [3.8, 4) is 0 Å². The van der Waals surface area contributed by atoms with Crippen molar-refractivity contribution in [3.05, 3.63) is 68.5 Å². The van der Waals surface area contributed by atoms with E-state index in [-0.39, 0.29) is 11.7 Å². The summed E-state index contributed by atoms with van der Waals surface area (Å²) in [6.45, 7) is 0. The molecule has 3 nitrogen and oxygen atoms in total. The first-order valence-corrected chi connectivity index (χ1v) is 7.51. The van der Waals surface area contributed by atoms with Crippen LogP contribution in [0.3, 0.4) is 0 Å². The van der Waals surface area contributed by atoms with Crippen LogP contribution in [0.15, 0.2) is 51.7 Å². The molecule has 0 saturated heterocycles. The first kappa shape index (κ1) is 12.0. The Morgan fingerprint density at radius 1 is 1.20 bits per heavy atom. The summed E-state index contributed by atoms with van der Waals surface area (Å²) < 4.78 is 2.93. The van der Waals surface area contributed by atoms with Crippen LogP contribution < -0.4 is 5.69 Å². The van der Waals surface area contributed by atoms with Gasteiger partial charge in [0.2, 0.25) is 0 Å². The normalized spacial score (nSPS) is 17.6. The molecule has 4 rings (SSSR count). The molecule has 20 heavy (non-hydrogen) atoms. The van der Waals surface area contributed by atoms with Crippen molar-refractivity contribution in [2.75, 3.05) is 0 Å². The highest BCUT2D eigenvalue weighted by molar-refractivity contribution is 9.10. The lowest BCUT2D eigenvalue weighted by atomic mass is 9.94. The number of aromatic nitrogens is 2. The number of hydrogen-bond donors (Lipinski definition) is 1. The summed E-state index contributed by atoms with van der Waals surface area (Å²) in [4.78, 5) is 15.3.